The molecule has 3 aliphatic heterocycles. The van der Waals surface area contributed by atoms with Crippen LogP contribution < -0.4 is 14.5 Å². The Labute approximate surface area is 228 Å². The highest BCUT2D eigenvalue weighted by atomic mass is 16.5. The largest absolute Gasteiger partial charge is 0.462 e. The van der Waals surface area contributed by atoms with E-state index in [1.165, 1.54) is 6.08 Å². The molecule has 1 amide bonds. The Bertz CT molecular complexity index is 1320. The number of pyridine rings is 1. The Morgan fingerprint density at radius 3 is 2.82 bits per heavy atom. The highest BCUT2D eigenvalue weighted by Gasteiger charge is 2.33. The van der Waals surface area contributed by atoms with Crippen molar-refractivity contribution < 1.29 is 9.53 Å². The number of nitriles is 2. The zero-order valence-electron chi connectivity index (χ0n) is 22.3. The number of carbonyl (C=O) groups excluding carboxylic acids is 1. The molecule has 11 nitrogen and oxygen atoms in total. The van der Waals surface area contributed by atoms with Crippen LogP contribution in [0.3, 0.4) is 0 Å². The summed E-state index contributed by atoms with van der Waals surface area (Å²) >= 11 is 0. The molecule has 2 fully saturated rings. The Morgan fingerprint density at radius 2 is 2.08 bits per heavy atom. The van der Waals surface area contributed by atoms with Crippen molar-refractivity contribution in [3.8, 4) is 18.1 Å². The highest BCUT2D eigenvalue weighted by molar-refractivity contribution is 5.87. The molecule has 2 unspecified atom stereocenters. The van der Waals surface area contributed by atoms with Gasteiger partial charge in [-0.1, -0.05) is 6.58 Å². The van der Waals surface area contributed by atoms with E-state index in [-0.39, 0.29) is 18.4 Å². The van der Waals surface area contributed by atoms with E-state index in [4.69, 9.17) is 14.7 Å². The van der Waals surface area contributed by atoms with Gasteiger partial charge in [0.2, 0.25) is 5.91 Å². The van der Waals surface area contributed by atoms with Crippen LogP contribution in [-0.2, 0) is 17.8 Å². The summed E-state index contributed by atoms with van der Waals surface area (Å²) in [7, 11) is 2.11. The van der Waals surface area contributed by atoms with Crippen molar-refractivity contribution in [2.75, 3.05) is 56.2 Å². The number of hydrogen-bond donors (Lipinski definition) is 0. The predicted octanol–water partition coefficient (Wildman–Crippen LogP) is 1.90. The van der Waals surface area contributed by atoms with Crippen molar-refractivity contribution in [3.63, 3.8) is 0 Å². The van der Waals surface area contributed by atoms with Crippen LogP contribution in [0.1, 0.15) is 36.1 Å². The summed E-state index contributed by atoms with van der Waals surface area (Å²) in [6.07, 6.45) is 7.80. The van der Waals surface area contributed by atoms with E-state index in [0.717, 1.165) is 42.1 Å². The zero-order valence-corrected chi connectivity index (χ0v) is 22.3. The van der Waals surface area contributed by atoms with Crippen LogP contribution in [0.2, 0.25) is 0 Å². The number of carbonyl (C=O) groups is 1. The molecule has 3 aliphatic rings. The summed E-state index contributed by atoms with van der Waals surface area (Å²) < 4.78 is 6.19. The lowest BCUT2D eigenvalue weighted by Crippen LogP contribution is -2.55. The third-order valence-electron chi connectivity index (χ3n) is 7.93. The number of likely N-dealkylation sites (tertiary alicyclic amines) is 1. The fourth-order valence-electron chi connectivity index (χ4n) is 5.75. The molecule has 5 heterocycles. The van der Waals surface area contributed by atoms with Crippen molar-refractivity contribution in [2.24, 2.45) is 0 Å². The molecule has 0 aromatic carbocycles. The molecule has 0 spiro atoms. The molecule has 202 valence electrons. The summed E-state index contributed by atoms with van der Waals surface area (Å²) in [5.41, 5.74) is 3.26. The molecule has 0 N–H and O–H groups in total. The van der Waals surface area contributed by atoms with E-state index < -0.39 is 0 Å². The van der Waals surface area contributed by atoms with E-state index in [1.807, 2.05) is 0 Å². The maximum Gasteiger partial charge on any atom is 0.318 e. The van der Waals surface area contributed by atoms with Gasteiger partial charge >= 0.3 is 6.01 Å². The number of likely N-dealkylation sites (N-methyl/N-ethyl adjacent to an activating group) is 1. The number of amides is 1. The number of rotatable bonds is 7. The Balaban J connectivity index is 1.46. The molecule has 2 atom stereocenters. The number of piperazine rings is 1. The third kappa shape index (κ3) is 5.50. The summed E-state index contributed by atoms with van der Waals surface area (Å²) in [5.74, 6) is 0.638. The summed E-state index contributed by atoms with van der Waals surface area (Å²) in [4.78, 5) is 34.7. The molecule has 5 rings (SSSR count). The van der Waals surface area contributed by atoms with E-state index in [0.29, 0.717) is 63.4 Å². The molecule has 11 heteroatoms. The van der Waals surface area contributed by atoms with Crippen LogP contribution in [0.5, 0.6) is 6.01 Å². The smallest absolute Gasteiger partial charge is 0.318 e. The van der Waals surface area contributed by atoms with Crippen LogP contribution in [0.15, 0.2) is 31.1 Å². The summed E-state index contributed by atoms with van der Waals surface area (Å²) in [6.45, 7) is 7.93. The number of nitrogens with zero attached hydrogens (tertiary/aromatic N) is 9. The molecule has 0 saturated carbocycles. The second kappa shape index (κ2) is 11.7. The van der Waals surface area contributed by atoms with Gasteiger partial charge in [-0.3, -0.25) is 9.78 Å². The molecule has 0 bridgehead atoms. The topological polar surface area (TPSA) is 126 Å². The first-order chi connectivity index (χ1) is 19.0. The van der Waals surface area contributed by atoms with Gasteiger partial charge in [-0.15, -0.1) is 0 Å². The summed E-state index contributed by atoms with van der Waals surface area (Å²) in [6, 6.07) is 6.61. The zero-order chi connectivity index (χ0) is 27.4. The van der Waals surface area contributed by atoms with Gasteiger partial charge in [0, 0.05) is 44.0 Å². The lowest BCUT2D eigenvalue weighted by molar-refractivity contribution is -0.128. The first-order valence-corrected chi connectivity index (χ1v) is 13.4. The number of hydrogen-bond acceptors (Lipinski definition) is 10. The number of ether oxygens (including phenoxy) is 1. The standard InChI is InChI=1S/C28H33N9O2/c1-3-26(38)37-14-13-36(17-21(37)6-9-29)27-23-8-12-35(25-16-31-10-7-20(25)15-30)18-24(23)32-28(33-27)39-19-22-5-4-11-34(22)2/h3,7,10,16,21-22H,1,4-6,8,11-14,17-19H2,2H3. The van der Waals surface area contributed by atoms with Gasteiger partial charge in [0.15, 0.2) is 0 Å². The minimum Gasteiger partial charge on any atom is -0.462 e. The van der Waals surface area contributed by atoms with Gasteiger partial charge in [0.1, 0.15) is 18.5 Å². The van der Waals surface area contributed by atoms with E-state index in [2.05, 4.69) is 45.4 Å². The van der Waals surface area contributed by atoms with Gasteiger partial charge in [0.05, 0.1) is 48.2 Å². The van der Waals surface area contributed by atoms with Gasteiger partial charge < -0.3 is 24.3 Å². The predicted molar refractivity (Wildman–Crippen MR) is 145 cm³/mol. The van der Waals surface area contributed by atoms with E-state index >= 15 is 0 Å². The Hall–Kier alpha value is -4.22. The van der Waals surface area contributed by atoms with E-state index in [9.17, 15) is 15.3 Å². The molecule has 0 aliphatic carbocycles. The molecule has 39 heavy (non-hydrogen) atoms. The van der Waals surface area contributed by atoms with Crippen molar-refractivity contribution in [1.82, 2.24) is 24.8 Å². The molecule has 2 aromatic rings. The SMILES string of the molecule is C=CC(=O)N1CCN(c2nc(OCC3CCCN3C)nc3c2CCN(c2cnccc2C#N)C3)CC1CC#N. The second-order valence-corrected chi connectivity index (χ2v) is 10.2. The normalized spacial score (nSPS) is 21.2. The van der Waals surface area contributed by atoms with Crippen LogP contribution >= 0.6 is 0 Å². The van der Waals surface area contributed by atoms with Gasteiger partial charge in [-0.25, -0.2) is 0 Å². The fraction of sp³-hybridized carbons (Fsp3) is 0.500. The van der Waals surface area contributed by atoms with Crippen LogP contribution in [0.25, 0.3) is 0 Å². The van der Waals surface area contributed by atoms with Crippen molar-refractivity contribution in [1.29, 1.82) is 10.5 Å². The molecular formula is C28H33N9O2. The van der Waals surface area contributed by atoms with Crippen molar-refractivity contribution in [2.45, 2.75) is 44.3 Å². The average molecular weight is 528 g/mol. The van der Waals surface area contributed by atoms with Crippen molar-refractivity contribution >= 4 is 17.4 Å². The first-order valence-electron chi connectivity index (χ1n) is 13.4. The maximum absolute atomic E-state index is 12.4. The minimum absolute atomic E-state index is 0.162. The van der Waals surface area contributed by atoms with Gasteiger partial charge in [-0.2, -0.15) is 20.5 Å². The van der Waals surface area contributed by atoms with Crippen LogP contribution in [0, 0.1) is 22.7 Å². The molecular weight excluding hydrogens is 494 g/mol. The maximum atomic E-state index is 12.4. The first kappa shape index (κ1) is 26.4. The van der Waals surface area contributed by atoms with Crippen LogP contribution in [0.4, 0.5) is 11.5 Å². The third-order valence-corrected chi connectivity index (χ3v) is 7.93. The molecule has 0 radical (unpaired) electrons. The second-order valence-electron chi connectivity index (χ2n) is 10.2. The van der Waals surface area contributed by atoms with E-state index in [1.54, 1.807) is 23.4 Å². The number of aromatic nitrogens is 3. The summed E-state index contributed by atoms with van der Waals surface area (Å²) in [5, 5.41) is 19.1. The van der Waals surface area contributed by atoms with Gasteiger partial charge in [0.25, 0.3) is 0 Å². The minimum atomic E-state index is -0.259. The number of fused-ring (bicyclic) bond motifs is 1. The number of anilines is 2. The molecule has 2 aromatic heterocycles. The monoisotopic (exact) mass is 527 g/mol. The quantitative estimate of drug-likeness (QED) is 0.493. The lowest BCUT2D eigenvalue weighted by atomic mass is 10.0. The fourth-order valence-corrected chi connectivity index (χ4v) is 5.75. The average Bonchev–Trinajstić information content (AvgIpc) is 3.39. The Kier molecular flexibility index (Phi) is 7.89. The Morgan fingerprint density at radius 1 is 1.21 bits per heavy atom. The van der Waals surface area contributed by atoms with Crippen molar-refractivity contribution in [3.05, 3.63) is 47.9 Å². The van der Waals surface area contributed by atoms with Gasteiger partial charge in [-0.05, 0) is 45.0 Å². The highest BCUT2D eigenvalue weighted by Crippen LogP contribution is 2.33. The molecule has 2 saturated heterocycles. The van der Waals surface area contributed by atoms with Crippen LogP contribution in [-0.4, -0.2) is 89.1 Å². The lowest BCUT2D eigenvalue weighted by Gasteiger charge is -2.42.